The van der Waals surface area contributed by atoms with E-state index >= 15 is 0 Å². The largest absolute Gasteiger partial charge is 0.394 e. The standard InChI is InChI=1S/C8H13NO2S2/c10-5-8(1-2-8)9-6(11)7-12-3-4-13-7/h7,10H,1-5H2,(H,9,11). The summed E-state index contributed by atoms with van der Waals surface area (Å²) in [7, 11) is 0. The van der Waals surface area contributed by atoms with Gasteiger partial charge in [0, 0.05) is 11.5 Å². The van der Waals surface area contributed by atoms with Gasteiger partial charge in [0.25, 0.3) is 0 Å². The number of aliphatic hydroxyl groups excluding tert-OH is 1. The molecule has 0 aromatic rings. The summed E-state index contributed by atoms with van der Waals surface area (Å²) in [5.74, 6) is 2.23. The highest BCUT2D eigenvalue weighted by Gasteiger charge is 2.44. The number of carbonyl (C=O) groups excluding carboxylic acids is 1. The molecule has 0 spiro atoms. The zero-order valence-electron chi connectivity index (χ0n) is 7.28. The molecule has 1 saturated heterocycles. The summed E-state index contributed by atoms with van der Waals surface area (Å²) in [5, 5.41) is 11.9. The van der Waals surface area contributed by atoms with Crippen LogP contribution < -0.4 is 5.32 Å². The molecular weight excluding hydrogens is 206 g/mol. The molecule has 0 radical (unpaired) electrons. The fourth-order valence-electron chi connectivity index (χ4n) is 1.30. The van der Waals surface area contributed by atoms with Crippen molar-refractivity contribution in [3.8, 4) is 0 Å². The molecule has 3 nitrogen and oxygen atoms in total. The zero-order valence-corrected chi connectivity index (χ0v) is 8.92. The second-order valence-corrected chi connectivity index (χ2v) is 6.23. The summed E-state index contributed by atoms with van der Waals surface area (Å²) in [6.45, 7) is 0.0841. The maximum Gasteiger partial charge on any atom is 0.243 e. The lowest BCUT2D eigenvalue weighted by Crippen LogP contribution is -2.42. The molecule has 1 aliphatic carbocycles. The van der Waals surface area contributed by atoms with Crippen molar-refractivity contribution >= 4 is 29.4 Å². The monoisotopic (exact) mass is 219 g/mol. The Kier molecular flexibility index (Phi) is 2.76. The zero-order chi connectivity index (χ0) is 9.31. The van der Waals surface area contributed by atoms with Crippen molar-refractivity contribution in [1.82, 2.24) is 5.32 Å². The van der Waals surface area contributed by atoms with Gasteiger partial charge in [0.15, 0.2) is 0 Å². The van der Waals surface area contributed by atoms with Gasteiger partial charge in [-0.1, -0.05) is 0 Å². The first-order chi connectivity index (χ1) is 6.26. The molecule has 1 amide bonds. The molecule has 0 aromatic heterocycles. The Balaban J connectivity index is 1.84. The van der Waals surface area contributed by atoms with E-state index in [4.69, 9.17) is 5.11 Å². The van der Waals surface area contributed by atoms with E-state index in [9.17, 15) is 4.79 Å². The highest BCUT2D eigenvalue weighted by Crippen LogP contribution is 2.37. The van der Waals surface area contributed by atoms with Crippen molar-refractivity contribution in [2.45, 2.75) is 23.0 Å². The number of hydrogen-bond acceptors (Lipinski definition) is 4. The summed E-state index contributed by atoms with van der Waals surface area (Å²) in [6, 6.07) is 0. The van der Waals surface area contributed by atoms with Crippen LogP contribution >= 0.6 is 23.5 Å². The Morgan fingerprint density at radius 1 is 1.46 bits per heavy atom. The lowest BCUT2D eigenvalue weighted by Gasteiger charge is -2.16. The van der Waals surface area contributed by atoms with E-state index < -0.39 is 0 Å². The van der Waals surface area contributed by atoms with E-state index in [1.54, 1.807) is 23.5 Å². The summed E-state index contributed by atoms with van der Waals surface area (Å²) < 4.78 is 0.0593. The summed E-state index contributed by atoms with van der Waals surface area (Å²) in [4.78, 5) is 11.6. The van der Waals surface area contributed by atoms with Crippen LogP contribution in [0, 0.1) is 0 Å². The van der Waals surface area contributed by atoms with Crippen LogP contribution in [0.25, 0.3) is 0 Å². The van der Waals surface area contributed by atoms with Crippen LogP contribution in [0.5, 0.6) is 0 Å². The van der Waals surface area contributed by atoms with Crippen LogP contribution in [0.1, 0.15) is 12.8 Å². The van der Waals surface area contributed by atoms with Gasteiger partial charge in [0.2, 0.25) is 5.91 Å². The van der Waals surface area contributed by atoms with Crippen molar-refractivity contribution in [1.29, 1.82) is 0 Å². The third kappa shape index (κ3) is 2.14. The van der Waals surface area contributed by atoms with Crippen LogP contribution in [0.4, 0.5) is 0 Å². The fourth-order valence-corrected chi connectivity index (χ4v) is 3.88. The van der Waals surface area contributed by atoms with Gasteiger partial charge >= 0.3 is 0 Å². The second-order valence-electron chi connectivity index (χ2n) is 3.50. The van der Waals surface area contributed by atoms with Crippen molar-refractivity contribution in [3.05, 3.63) is 0 Å². The highest BCUT2D eigenvalue weighted by molar-refractivity contribution is 8.21. The molecule has 1 heterocycles. The van der Waals surface area contributed by atoms with E-state index in [1.165, 1.54) is 0 Å². The summed E-state index contributed by atoms with van der Waals surface area (Å²) in [6.07, 6.45) is 1.86. The van der Waals surface area contributed by atoms with Crippen molar-refractivity contribution < 1.29 is 9.90 Å². The van der Waals surface area contributed by atoms with Crippen LogP contribution in [-0.2, 0) is 4.79 Å². The number of carbonyl (C=O) groups is 1. The Hall–Kier alpha value is 0.130. The van der Waals surface area contributed by atoms with Crippen LogP contribution in [0.2, 0.25) is 0 Å². The predicted octanol–water partition coefficient (Wildman–Crippen LogP) is 0.434. The van der Waals surface area contributed by atoms with Crippen molar-refractivity contribution in [3.63, 3.8) is 0 Å². The molecule has 1 saturated carbocycles. The normalized spacial score (nSPS) is 25.9. The number of rotatable bonds is 3. The first-order valence-electron chi connectivity index (χ1n) is 4.42. The smallest absolute Gasteiger partial charge is 0.243 e. The summed E-state index contributed by atoms with van der Waals surface area (Å²) >= 11 is 3.40. The van der Waals surface area contributed by atoms with Gasteiger partial charge < -0.3 is 10.4 Å². The Morgan fingerprint density at radius 3 is 2.54 bits per heavy atom. The number of thioether (sulfide) groups is 2. The van der Waals surface area contributed by atoms with E-state index in [0.29, 0.717) is 0 Å². The topological polar surface area (TPSA) is 49.3 Å². The number of aliphatic hydroxyl groups is 1. The molecule has 2 fully saturated rings. The lowest BCUT2D eigenvalue weighted by atomic mass is 10.3. The van der Waals surface area contributed by atoms with Gasteiger partial charge in [0.1, 0.15) is 4.58 Å². The fraction of sp³-hybridized carbons (Fsp3) is 0.875. The third-order valence-electron chi connectivity index (χ3n) is 2.38. The van der Waals surface area contributed by atoms with E-state index in [2.05, 4.69) is 5.32 Å². The molecule has 2 aliphatic rings. The number of hydrogen-bond donors (Lipinski definition) is 2. The first kappa shape index (κ1) is 9.68. The van der Waals surface area contributed by atoms with E-state index in [-0.39, 0.29) is 22.6 Å². The molecule has 13 heavy (non-hydrogen) atoms. The van der Waals surface area contributed by atoms with E-state index in [1.807, 2.05) is 0 Å². The van der Waals surface area contributed by atoms with Gasteiger partial charge in [0.05, 0.1) is 12.1 Å². The van der Waals surface area contributed by atoms with Crippen LogP contribution in [-0.4, -0.2) is 39.2 Å². The van der Waals surface area contributed by atoms with Gasteiger partial charge in [-0.15, -0.1) is 23.5 Å². The molecule has 0 aromatic carbocycles. The first-order valence-corrected chi connectivity index (χ1v) is 6.52. The lowest BCUT2D eigenvalue weighted by molar-refractivity contribution is -0.120. The minimum atomic E-state index is -0.249. The maximum absolute atomic E-state index is 11.6. The third-order valence-corrected chi connectivity index (χ3v) is 5.37. The molecular formula is C8H13NO2S2. The van der Waals surface area contributed by atoms with Gasteiger partial charge in [-0.2, -0.15) is 0 Å². The van der Waals surface area contributed by atoms with Gasteiger partial charge in [-0.05, 0) is 12.8 Å². The summed E-state index contributed by atoms with van der Waals surface area (Å²) in [5.41, 5.74) is -0.249. The molecule has 2 rings (SSSR count). The molecule has 0 bridgehead atoms. The molecule has 0 atom stereocenters. The minimum Gasteiger partial charge on any atom is -0.394 e. The molecule has 1 aliphatic heterocycles. The van der Waals surface area contributed by atoms with E-state index in [0.717, 1.165) is 24.3 Å². The number of amides is 1. The van der Waals surface area contributed by atoms with Crippen LogP contribution in [0.15, 0.2) is 0 Å². The Labute approximate surface area is 86.0 Å². The maximum atomic E-state index is 11.6. The Morgan fingerprint density at radius 2 is 2.08 bits per heavy atom. The molecule has 2 N–H and O–H groups in total. The highest BCUT2D eigenvalue weighted by atomic mass is 32.2. The predicted molar refractivity (Wildman–Crippen MR) is 55.9 cm³/mol. The van der Waals surface area contributed by atoms with Crippen molar-refractivity contribution in [2.24, 2.45) is 0 Å². The Bertz CT molecular complexity index is 212. The van der Waals surface area contributed by atoms with Gasteiger partial charge in [-0.3, -0.25) is 4.79 Å². The molecule has 5 heteroatoms. The SMILES string of the molecule is O=C(NC1(CO)CC1)C1SCCS1. The van der Waals surface area contributed by atoms with Crippen LogP contribution in [0.3, 0.4) is 0 Å². The molecule has 74 valence electrons. The number of nitrogens with one attached hydrogen (secondary N) is 1. The van der Waals surface area contributed by atoms with Crippen molar-refractivity contribution in [2.75, 3.05) is 18.1 Å². The average Bonchev–Trinajstić information content (AvgIpc) is 2.69. The molecule has 0 unspecified atom stereocenters. The quantitative estimate of drug-likeness (QED) is 0.723. The average molecular weight is 219 g/mol. The minimum absolute atomic E-state index is 0.0593. The second kappa shape index (κ2) is 3.71. The van der Waals surface area contributed by atoms with Gasteiger partial charge in [-0.25, -0.2) is 0 Å².